The van der Waals surface area contributed by atoms with Gasteiger partial charge >= 0.3 is 0 Å². The molecule has 0 radical (unpaired) electrons. The highest BCUT2D eigenvalue weighted by molar-refractivity contribution is 6.01. The summed E-state index contributed by atoms with van der Waals surface area (Å²) in [7, 11) is 0. The molecule has 4 rings (SSSR count). The van der Waals surface area contributed by atoms with Crippen molar-refractivity contribution < 1.29 is 23.8 Å². The highest BCUT2D eigenvalue weighted by Gasteiger charge is 2.25. The molecule has 190 valence electrons. The predicted octanol–water partition coefficient (Wildman–Crippen LogP) is 2.22. The average Bonchev–Trinajstić information content (AvgIpc) is 3.27. The normalized spacial score (nSPS) is 13.5. The maximum Gasteiger partial charge on any atom is 0.267 e. The van der Waals surface area contributed by atoms with Crippen LogP contribution in [0.25, 0.3) is 11.0 Å². The molecule has 0 unspecified atom stereocenters. The van der Waals surface area contributed by atoms with Crippen LogP contribution in [0.1, 0.15) is 41.3 Å². The van der Waals surface area contributed by atoms with E-state index in [-0.39, 0.29) is 36.9 Å². The minimum absolute atomic E-state index is 0.0233. The van der Waals surface area contributed by atoms with Gasteiger partial charge in [-0.15, -0.1) is 0 Å². The maximum absolute atomic E-state index is 13.5. The fourth-order valence-electron chi connectivity index (χ4n) is 4.34. The number of aromatic hydroxyl groups is 1. The third-order valence-corrected chi connectivity index (χ3v) is 6.18. The van der Waals surface area contributed by atoms with Crippen LogP contribution >= 0.6 is 0 Å². The Labute approximate surface area is 207 Å². The first-order chi connectivity index (χ1) is 17.4. The van der Waals surface area contributed by atoms with Crippen molar-refractivity contribution in [2.24, 2.45) is 0 Å². The lowest BCUT2D eigenvalue weighted by atomic mass is 10.1. The minimum atomic E-state index is -0.720. The van der Waals surface area contributed by atoms with E-state index in [1.165, 1.54) is 16.7 Å². The van der Waals surface area contributed by atoms with Gasteiger partial charge in [0.2, 0.25) is 5.91 Å². The second-order valence-electron chi connectivity index (χ2n) is 8.63. The van der Waals surface area contributed by atoms with Crippen LogP contribution in [-0.4, -0.2) is 64.2 Å². The van der Waals surface area contributed by atoms with E-state index in [9.17, 15) is 23.9 Å². The van der Waals surface area contributed by atoms with Crippen LogP contribution in [0.3, 0.4) is 0 Å². The van der Waals surface area contributed by atoms with E-state index in [0.717, 1.165) is 17.5 Å². The van der Waals surface area contributed by atoms with E-state index in [0.29, 0.717) is 38.1 Å². The molecule has 2 N–H and O–H groups in total. The number of nitrogens with zero attached hydrogens (tertiary/aromatic N) is 3. The summed E-state index contributed by atoms with van der Waals surface area (Å²) >= 11 is 0. The van der Waals surface area contributed by atoms with Crippen molar-refractivity contribution >= 4 is 22.8 Å². The Hall–Kier alpha value is -3.79. The number of hydrogen-bond donors (Lipinski definition) is 2. The number of aromatic nitrogens is 2. The van der Waals surface area contributed by atoms with Crippen molar-refractivity contribution in [1.29, 1.82) is 0 Å². The lowest BCUT2D eigenvalue weighted by Crippen LogP contribution is -2.37. The van der Waals surface area contributed by atoms with Gasteiger partial charge in [-0.05, 0) is 49.1 Å². The number of halogens is 1. The zero-order valence-electron chi connectivity index (χ0n) is 20.1. The van der Waals surface area contributed by atoms with Gasteiger partial charge in [-0.25, -0.2) is 4.39 Å². The Morgan fingerprint density at radius 1 is 1.19 bits per heavy atom. The Balaban J connectivity index is 1.72. The predicted molar refractivity (Wildman–Crippen MR) is 132 cm³/mol. The summed E-state index contributed by atoms with van der Waals surface area (Å²) in [5.74, 6) is -1.53. The van der Waals surface area contributed by atoms with Crippen LogP contribution in [0.5, 0.6) is 5.75 Å². The van der Waals surface area contributed by atoms with Crippen LogP contribution < -0.4 is 10.9 Å². The number of nitrogens with one attached hydrogen (secondary N) is 1. The number of carbonyl (C=O) groups excluding carboxylic acids is 2. The fourth-order valence-corrected chi connectivity index (χ4v) is 4.34. The average molecular weight is 497 g/mol. The Morgan fingerprint density at radius 2 is 1.97 bits per heavy atom. The quantitative estimate of drug-likeness (QED) is 0.416. The molecule has 0 aliphatic carbocycles. The van der Waals surface area contributed by atoms with Gasteiger partial charge in [-0.3, -0.25) is 19.4 Å². The highest BCUT2D eigenvalue weighted by atomic mass is 19.1. The Morgan fingerprint density at radius 3 is 2.67 bits per heavy atom. The summed E-state index contributed by atoms with van der Waals surface area (Å²) in [6, 6.07) is 7.80. The molecule has 1 aliphatic heterocycles. The fraction of sp³-hybridized carbons (Fsp3) is 0.385. The number of amides is 2. The molecule has 10 heteroatoms. The molecule has 0 atom stereocenters. The van der Waals surface area contributed by atoms with Crippen LogP contribution in [0.15, 0.2) is 41.3 Å². The van der Waals surface area contributed by atoms with Gasteiger partial charge in [0.15, 0.2) is 5.75 Å². The van der Waals surface area contributed by atoms with Crippen molar-refractivity contribution in [3.8, 4) is 5.75 Å². The first-order valence-corrected chi connectivity index (χ1v) is 12.0. The molecule has 1 aromatic carbocycles. The van der Waals surface area contributed by atoms with Gasteiger partial charge in [0, 0.05) is 45.4 Å². The van der Waals surface area contributed by atoms with Crippen LogP contribution in [0.2, 0.25) is 0 Å². The van der Waals surface area contributed by atoms with Gasteiger partial charge in [-0.2, -0.15) is 0 Å². The number of fused-ring (bicyclic) bond motifs is 1. The molecular weight excluding hydrogens is 467 g/mol. The van der Waals surface area contributed by atoms with Gasteiger partial charge < -0.3 is 24.6 Å². The van der Waals surface area contributed by atoms with E-state index in [2.05, 4.69) is 10.3 Å². The SMILES string of the molecule is CCOCCNC(=O)c1c(O)c2ncc(Cc3ccc(F)cc3)cc2n(CCN2CCCC2=O)c1=O. The molecule has 3 aromatic rings. The standard InChI is InChI=1S/C26H29FN4O5/c1-2-36-13-9-28-25(34)22-24(33)23-20(31(26(22)35)12-11-30-10-3-4-21(30)32)15-18(16-29-23)14-17-5-7-19(27)8-6-17/h5-8,15-16,33H,2-4,9-14H2,1H3,(H,28,34). The third kappa shape index (κ3) is 5.54. The number of benzene rings is 1. The molecule has 2 amide bonds. The molecule has 1 aliphatic rings. The third-order valence-electron chi connectivity index (χ3n) is 6.18. The number of hydrogen-bond acceptors (Lipinski definition) is 6. The molecule has 1 saturated heterocycles. The van der Waals surface area contributed by atoms with Crippen molar-refractivity contribution in [3.05, 3.63) is 69.4 Å². The highest BCUT2D eigenvalue weighted by Crippen LogP contribution is 2.26. The monoisotopic (exact) mass is 496 g/mol. The Bertz CT molecular complexity index is 1320. The lowest BCUT2D eigenvalue weighted by molar-refractivity contribution is -0.127. The first-order valence-electron chi connectivity index (χ1n) is 12.0. The number of pyridine rings is 2. The van der Waals surface area contributed by atoms with Gasteiger partial charge in [-0.1, -0.05) is 12.1 Å². The summed E-state index contributed by atoms with van der Waals surface area (Å²) < 4.78 is 19.9. The topological polar surface area (TPSA) is 114 Å². The van der Waals surface area contributed by atoms with Crippen molar-refractivity contribution in [3.63, 3.8) is 0 Å². The van der Waals surface area contributed by atoms with E-state index in [1.807, 2.05) is 6.92 Å². The number of likely N-dealkylation sites (tertiary alicyclic amines) is 1. The van der Waals surface area contributed by atoms with Crippen molar-refractivity contribution in [2.75, 3.05) is 32.8 Å². The zero-order valence-corrected chi connectivity index (χ0v) is 20.1. The molecule has 0 spiro atoms. The molecule has 3 heterocycles. The summed E-state index contributed by atoms with van der Waals surface area (Å²) in [5, 5.41) is 13.5. The molecule has 0 saturated carbocycles. The van der Waals surface area contributed by atoms with Gasteiger partial charge in [0.1, 0.15) is 16.9 Å². The van der Waals surface area contributed by atoms with Crippen LogP contribution in [-0.2, 0) is 22.5 Å². The number of carbonyl (C=O) groups is 2. The van der Waals surface area contributed by atoms with Crippen LogP contribution in [0.4, 0.5) is 4.39 Å². The van der Waals surface area contributed by atoms with E-state index in [4.69, 9.17) is 4.74 Å². The van der Waals surface area contributed by atoms with E-state index < -0.39 is 22.8 Å². The first kappa shape index (κ1) is 25.3. The summed E-state index contributed by atoms with van der Waals surface area (Å²) in [6.45, 7) is 3.82. The molecule has 9 nitrogen and oxygen atoms in total. The minimum Gasteiger partial charge on any atom is -0.505 e. The van der Waals surface area contributed by atoms with Crippen molar-refractivity contribution in [2.45, 2.75) is 32.7 Å². The lowest BCUT2D eigenvalue weighted by Gasteiger charge is -2.19. The number of rotatable bonds is 10. The summed E-state index contributed by atoms with van der Waals surface area (Å²) in [4.78, 5) is 44.5. The molecule has 0 bridgehead atoms. The van der Waals surface area contributed by atoms with Gasteiger partial charge in [0.25, 0.3) is 11.5 Å². The largest absolute Gasteiger partial charge is 0.505 e. The van der Waals surface area contributed by atoms with Gasteiger partial charge in [0.05, 0.1) is 12.1 Å². The smallest absolute Gasteiger partial charge is 0.267 e. The van der Waals surface area contributed by atoms with Crippen molar-refractivity contribution in [1.82, 2.24) is 19.8 Å². The number of ether oxygens (including phenoxy) is 1. The molecular formula is C26H29FN4O5. The molecule has 2 aromatic heterocycles. The molecule has 36 heavy (non-hydrogen) atoms. The second-order valence-corrected chi connectivity index (χ2v) is 8.63. The second kappa shape index (κ2) is 11.3. The van der Waals surface area contributed by atoms with E-state index in [1.54, 1.807) is 29.3 Å². The maximum atomic E-state index is 13.5. The van der Waals surface area contributed by atoms with Crippen LogP contribution in [0, 0.1) is 5.82 Å². The summed E-state index contributed by atoms with van der Waals surface area (Å²) in [5.41, 5.74) is 0.998. The summed E-state index contributed by atoms with van der Waals surface area (Å²) in [6.07, 6.45) is 3.23. The van der Waals surface area contributed by atoms with E-state index >= 15 is 0 Å². The zero-order chi connectivity index (χ0) is 25.7. The molecule has 1 fully saturated rings. The Kier molecular flexibility index (Phi) is 7.94.